The summed E-state index contributed by atoms with van der Waals surface area (Å²) in [6.45, 7) is 1.75. The predicted octanol–water partition coefficient (Wildman–Crippen LogP) is 3.35. The van der Waals surface area contributed by atoms with Crippen LogP contribution in [0, 0.1) is 0 Å². The first-order chi connectivity index (χ1) is 13.1. The van der Waals surface area contributed by atoms with Gasteiger partial charge in [0, 0.05) is 24.6 Å². The molecule has 1 aromatic carbocycles. The monoisotopic (exact) mass is 374 g/mol. The van der Waals surface area contributed by atoms with Crippen molar-refractivity contribution in [2.75, 3.05) is 11.9 Å². The second-order valence-electron chi connectivity index (χ2n) is 7.02. The van der Waals surface area contributed by atoms with Crippen LogP contribution in [-0.2, 0) is 25.5 Å². The third-order valence-corrected chi connectivity index (χ3v) is 4.77. The molecule has 0 saturated heterocycles. The van der Waals surface area contributed by atoms with Crippen LogP contribution in [0.2, 0.25) is 0 Å². The Morgan fingerprint density at radius 3 is 2.37 bits per heavy atom. The van der Waals surface area contributed by atoms with Crippen LogP contribution in [0.15, 0.2) is 24.3 Å². The Balaban J connectivity index is 1.56. The Morgan fingerprint density at radius 1 is 1.00 bits per heavy atom. The van der Waals surface area contributed by atoms with E-state index in [0.29, 0.717) is 18.5 Å². The van der Waals surface area contributed by atoms with Crippen LogP contribution in [0.5, 0.6) is 0 Å². The highest BCUT2D eigenvalue weighted by atomic mass is 16.5. The van der Waals surface area contributed by atoms with Crippen molar-refractivity contribution in [2.45, 2.75) is 70.8 Å². The van der Waals surface area contributed by atoms with E-state index in [9.17, 15) is 14.4 Å². The van der Waals surface area contributed by atoms with Gasteiger partial charge in [0.25, 0.3) is 5.91 Å². The molecule has 0 bridgehead atoms. The van der Waals surface area contributed by atoms with E-state index in [2.05, 4.69) is 17.6 Å². The molecule has 2 rings (SSSR count). The number of aryl methyl sites for hydroxylation is 1. The van der Waals surface area contributed by atoms with Crippen molar-refractivity contribution in [3.63, 3.8) is 0 Å². The highest BCUT2D eigenvalue weighted by Gasteiger charge is 2.16. The molecule has 0 spiro atoms. The predicted molar refractivity (Wildman–Crippen MR) is 104 cm³/mol. The Kier molecular flexibility index (Phi) is 8.81. The van der Waals surface area contributed by atoms with Gasteiger partial charge < -0.3 is 15.4 Å². The third-order valence-electron chi connectivity index (χ3n) is 4.77. The van der Waals surface area contributed by atoms with Gasteiger partial charge >= 0.3 is 5.97 Å². The van der Waals surface area contributed by atoms with Crippen LogP contribution in [0.4, 0.5) is 5.69 Å². The van der Waals surface area contributed by atoms with Crippen molar-refractivity contribution in [3.8, 4) is 0 Å². The lowest BCUT2D eigenvalue weighted by Crippen LogP contribution is -2.36. The SMILES string of the molecule is CCc1ccc(NC(=O)COC(=O)CCCC(=O)NC2CCCCC2)cc1. The molecule has 0 unspecified atom stereocenters. The Labute approximate surface area is 161 Å². The fourth-order valence-corrected chi connectivity index (χ4v) is 3.18. The molecule has 27 heavy (non-hydrogen) atoms. The molecule has 0 atom stereocenters. The zero-order valence-electron chi connectivity index (χ0n) is 16.1. The first-order valence-corrected chi connectivity index (χ1v) is 9.90. The third kappa shape index (κ3) is 8.24. The minimum absolute atomic E-state index is 0.0111. The molecule has 0 aliphatic heterocycles. The molecule has 1 saturated carbocycles. The topological polar surface area (TPSA) is 84.5 Å². The van der Waals surface area contributed by atoms with Gasteiger partial charge in [0.2, 0.25) is 5.91 Å². The molecule has 2 N–H and O–H groups in total. The molecule has 0 aromatic heterocycles. The smallest absolute Gasteiger partial charge is 0.306 e. The van der Waals surface area contributed by atoms with Crippen LogP contribution >= 0.6 is 0 Å². The number of anilines is 1. The maximum atomic E-state index is 11.9. The minimum atomic E-state index is -0.461. The van der Waals surface area contributed by atoms with Gasteiger partial charge in [0.15, 0.2) is 6.61 Å². The molecule has 1 aliphatic rings. The van der Waals surface area contributed by atoms with Gasteiger partial charge in [-0.25, -0.2) is 0 Å². The van der Waals surface area contributed by atoms with E-state index in [1.165, 1.54) is 24.8 Å². The summed E-state index contributed by atoms with van der Waals surface area (Å²) in [5, 5.41) is 5.71. The Hall–Kier alpha value is -2.37. The summed E-state index contributed by atoms with van der Waals surface area (Å²) >= 11 is 0. The number of carbonyl (C=O) groups is 3. The van der Waals surface area contributed by atoms with E-state index < -0.39 is 5.97 Å². The van der Waals surface area contributed by atoms with Crippen molar-refractivity contribution in [1.29, 1.82) is 0 Å². The summed E-state index contributed by atoms with van der Waals surface area (Å²) < 4.78 is 4.97. The largest absolute Gasteiger partial charge is 0.456 e. The number of ether oxygens (including phenoxy) is 1. The summed E-state index contributed by atoms with van der Waals surface area (Å²) in [6, 6.07) is 7.82. The quantitative estimate of drug-likeness (QED) is 0.649. The molecule has 0 heterocycles. The highest BCUT2D eigenvalue weighted by molar-refractivity contribution is 5.92. The summed E-state index contributed by atoms with van der Waals surface area (Å²) in [6.07, 6.45) is 7.48. The van der Waals surface area contributed by atoms with Crippen molar-refractivity contribution in [3.05, 3.63) is 29.8 Å². The summed E-state index contributed by atoms with van der Waals surface area (Å²) in [7, 11) is 0. The zero-order valence-corrected chi connectivity index (χ0v) is 16.1. The van der Waals surface area contributed by atoms with Crippen molar-refractivity contribution < 1.29 is 19.1 Å². The normalized spacial score (nSPS) is 14.4. The lowest BCUT2D eigenvalue weighted by atomic mass is 9.95. The second kappa shape index (κ2) is 11.4. The van der Waals surface area contributed by atoms with Crippen LogP contribution in [0.25, 0.3) is 0 Å². The standard InChI is InChI=1S/C21H30N2O4/c1-2-16-11-13-18(14-12-16)23-20(25)15-27-21(26)10-6-9-19(24)22-17-7-4-3-5-8-17/h11-14,17H,2-10,15H2,1H3,(H,22,24)(H,23,25). The van der Waals surface area contributed by atoms with E-state index in [1.54, 1.807) is 0 Å². The second-order valence-corrected chi connectivity index (χ2v) is 7.02. The lowest BCUT2D eigenvalue weighted by Gasteiger charge is -2.22. The van der Waals surface area contributed by atoms with E-state index >= 15 is 0 Å². The summed E-state index contributed by atoms with van der Waals surface area (Å²) in [5.74, 6) is -0.845. The van der Waals surface area contributed by atoms with Crippen molar-refractivity contribution in [2.24, 2.45) is 0 Å². The number of hydrogen-bond acceptors (Lipinski definition) is 4. The number of rotatable bonds is 9. The average Bonchev–Trinajstić information content (AvgIpc) is 2.68. The number of carbonyl (C=O) groups excluding carboxylic acids is 3. The number of nitrogens with one attached hydrogen (secondary N) is 2. The van der Waals surface area contributed by atoms with Gasteiger partial charge in [0.05, 0.1) is 0 Å². The van der Waals surface area contributed by atoms with Gasteiger partial charge in [-0.15, -0.1) is 0 Å². The first-order valence-electron chi connectivity index (χ1n) is 9.90. The average molecular weight is 374 g/mol. The number of esters is 1. The summed E-state index contributed by atoms with van der Waals surface area (Å²) in [4.78, 5) is 35.4. The number of hydrogen-bond donors (Lipinski definition) is 2. The van der Waals surface area contributed by atoms with Gasteiger partial charge in [-0.1, -0.05) is 38.3 Å². The molecule has 1 fully saturated rings. The fourth-order valence-electron chi connectivity index (χ4n) is 3.18. The van der Waals surface area contributed by atoms with Crippen LogP contribution in [0.1, 0.15) is 63.9 Å². The molecule has 148 valence electrons. The first kappa shape index (κ1) is 20.9. The van der Waals surface area contributed by atoms with Crippen LogP contribution < -0.4 is 10.6 Å². The minimum Gasteiger partial charge on any atom is -0.456 e. The number of benzene rings is 1. The molecule has 6 heteroatoms. The highest BCUT2D eigenvalue weighted by Crippen LogP contribution is 2.17. The van der Waals surface area contributed by atoms with Gasteiger partial charge in [-0.2, -0.15) is 0 Å². The Morgan fingerprint density at radius 2 is 1.70 bits per heavy atom. The van der Waals surface area contributed by atoms with E-state index in [0.717, 1.165) is 19.3 Å². The van der Waals surface area contributed by atoms with E-state index in [1.807, 2.05) is 24.3 Å². The van der Waals surface area contributed by atoms with Crippen LogP contribution in [0.3, 0.4) is 0 Å². The Bertz CT molecular complexity index is 622. The van der Waals surface area contributed by atoms with E-state index in [-0.39, 0.29) is 30.9 Å². The zero-order chi connectivity index (χ0) is 19.5. The van der Waals surface area contributed by atoms with Gasteiger partial charge in [-0.05, 0) is 43.4 Å². The molecule has 6 nitrogen and oxygen atoms in total. The molecule has 0 radical (unpaired) electrons. The maximum absolute atomic E-state index is 11.9. The van der Waals surface area contributed by atoms with Crippen molar-refractivity contribution >= 4 is 23.5 Å². The lowest BCUT2D eigenvalue weighted by molar-refractivity contribution is -0.147. The molecule has 1 aromatic rings. The van der Waals surface area contributed by atoms with Gasteiger partial charge in [-0.3, -0.25) is 14.4 Å². The summed E-state index contributed by atoms with van der Waals surface area (Å²) in [5.41, 5.74) is 1.86. The van der Waals surface area contributed by atoms with Crippen molar-refractivity contribution in [1.82, 2.24) is 5.32 Å². The molecule has 2 amide bonds. The number of amides is 2. The molecular weight excluding hydrogens is 344 g/mol. The van der Waals surface area contributed by atoms with E-state index in [4.69, 9.17) is 4.74 Å². The fraction of sp³-hybridized carbons (Fsp3) is 0.571. The molecular formula is C21H30N2O4. The van der Waals surface area contributed by atoms with Crippen LogP contribution in [-0.4, -0.2) is 30.4 Å². The maximum Gasteiger partial charge on any atom is 0.306 e. The molecule has 1 aliphatic carbocycles. The van der Waals surface area contributed by atoms with Gasteiger partial charge in [0.1, 0.15) is 0 Å².